The van der Waals surface area contributed by atoms with E-state index in [-0.39, 0.29) is 29.1 Å². The van der Waals surface area contributed by atoms with Crippen LogP contribution in [-0.4, -0.2) is 78.9 Å². The predicted octanol–water partition coefficient (Wildman–Crippen LogP) is 5.98. The van der Waals surface area contributed by atoms with Crippen LogP contribution in [0.1, 0.15) is 63.5 Å². The summed E-state index contributed by atoms with van der Waals surface area (Å²) >= 11 is 0. The minimum Gasteiger partial charge on any atom is -0.490 e. The molecule has 2 aliphatic rings. The van der Waals surface area contributed by atoms with Crippen molar-refractivity contribution in [2.75, 3.05) is 37.7 Å². The number of amides is 1. The first-order valence-electron chi connectivity index (χ1n) is 16.6. The third-order valence-corrected chi connectivity index (χ3v) is 9.88. The number of halogens is 2. The molecule has 0 bridgehead atoms. The van der Waals surface area contributed by atoms with E-state index in [4.69, 9.17) is 19.8 Å². The number of nitrogens with two attached hydrogens (primary N) is 1. The molecule has 49 heavy (non-hydrogen) atoms. The van der Waals surface area contributed by atoms with Gasteiger partial charge in [0.15, 0.2) is 5.75 Å². The van der Waals surface area contributed by atoms with Crippen molar-refractivity contribution in [1.82, 2.24) is 14.9 Å². The second-order valence-electron chi connectivity index (χ2n) is 13.0. The second kappa shape index (κ2) is 17.2. The van der Waals surface area contributed by atoms with Crippen molar-refractivity contribution < 1.29 is 36.0 Å². The van der Waals surface area contributed by atoms with E-state index in [9.17, 15) is 22.0 Å². The number of aromatic nitrogens is 2. The van der Waals surface area contributed by atoms with Crippen LogP contribution in [-0.2, 0) is 14.9 Å². The molecule has 3 atom stereocenters. The first-order valence-corrected chi connectivity index (χ1v) is 18.0. The van der Waals surface area contributed by atoms with Crippen LogP contribution in [0.15, 0.2) is 59.8 Å². The molecule has 3 aromatic rings. The molecule has 2 fully saturated rings. The van der Waals surface area contributed by atoms with Gasteiger partial charge in [0.25, 0.3) is 10.1 Å². The maximum absolute atomic E-state index is 14.2. The Morgan fingerprint density at radius 3 is 2.27 bits per heavy atom. The molecule has 3 N–H and O–H groups in total. The van der Waals surface area contributed by atoms with Gasteiger partial charge in [0.1, 0.15) is 11.6 Å². The summed E-state index contributed by atoms with van der Waals surface area (Å²) in [7, 11) is -4.02. The molecule has 11 nitrogen and oxygen atoms in total. The van der Waals surface area contributed by atoms with Gasteiger partial charge in [0.05, 0.1) is 30.0 Å². The Hall–Kier alpha value is -3.88. The molecular weight excluding hydrogens is 656 g/mol. The summed E-state index contributed by atoms with van der Waals surface area (Å²) in [5.41, 5.74) is 7.63. The van der Waals surface area contributed by atoms with Crippen LogP contribution in [0.25, 0.3) is 0 Å². The quantitative estimate of drug-likeness (QED) is 0.255. The largest absolute Gasteiger partial charge is 0.490 e. The molecule has 5 rings (SSSR count). The summed E-state index contributed by atoms with van der Waals surface area (Å²) in [6.45, 7) is 10.9. The lowest BCUT2D eigenvalue weighted by Gasteiger charge is -2.37. The van der Waals surface area contributed by atoms with Crippen LogP contribution in [0, 0.1) is 30.4 Å². The fraction of sp³-hybridized carbons (Fsp3) is 0.514. The maximum Gasteiger partial charge on any atom is 0.410 e. The molecule has 0 aliphatic carbocycles. The van der Waals surface area contributed by atoms with Crippen LogP contribution < -0.4 is 15.4 Å². The van der Waals surface area contributed by atoms with Crippen molar-refractivity contribution in [2.45, 2.75) is 76.3 Å². The van der Waals surface area contributed by atoms with E-state index in [0.29, 0.717) is 55.2 Å². The third kappa shape index (κ3) is 11.1. The van der Waals surface area contributed by atoms with Gasteiger partial charge in [-0.15, -0.1) is 0 Å². The van der Waals surface area contributed by atoms with E-state index in [1.807, 2.05) is 25.7 Å². The summed E-state index contributed by atoms with van der Waals surface area (Å²) in [6.07, 6.45) is 6.43. The lowest BCUT2D eigenvalue weighted by Crippen LogP contribution is -2.48. The lowest BCUT2D eigenvalue weighted by atomic mass is 9.84. The molecule has 268 valence electrons. The molecule has 0 saturated carbocycles. The summed E-state index contributed by atoms with van der Waals surface area (Å²) in [6, 6.07) is 9.14. The first-order chi connectivity index (χ1) is 23.2. The number of anilines is 1. The summed E-state index contributed by atoms with van der Waals surface area (Å²) < 4.78 is 68.6. The fourth-order valence-electron chi connectivity index (χ4n) is 6.13. The number of aryl methyl sites for hydroxylation is 1. The molecule has 3 heterocycles. The van der Waals surface area contributed by atoms with Gasteiger partial charge in [-0.1, -0.05) is 24.6 Å². The Kier molecular flexibility index (Phi) is 13.3. The Morgan fingerprint density at radius 1 is 1.02 bits per heavy atom. The van der Waals surface area contributed by atoms with Crippen LogP contribution in [0.5, 0.6) is 5.75 Å². The predicted molar refractivity (Wildman–Crippen MR) is 182 cm³/mol. The fourth-order valence-corrected chi connectivity index (χ4v) is 6.61. The van der Waals surface area contributed by atoms with Gasteiger partial charge in [0.2, 0.25) is 5.95 Å². The molecule has 2 aromatic carbocycles. The number of likely N-dealkylation sites (tertiary alicyclic amines) is 1. The summed E-state index contributed by atoms with van der Waals surface area (Å²) in [5.74, 6) is 1.03. The molecular formula is C35H47F2N5O6S. The molecule has 1 aromatic heterocycles. The number of rotatable bonds is 9. The van der Waals surface area contributed by atoms with Crippen molar-refractivity contribution in [3.05, 3.63) is 77.6 Å². The van der Waals surface area contributed by atoms with Crippen molar-refractivity contribution in [2.24, 2.45) is 17.6 Å². The Bertz CT molecular complexity index is 1620. The Morgan fingerprint density at radius 2 is 1.67 bits per heavy atom. The van der Waals surface area contributed by atoms with E-state index >= 15 is 0 Å². The second-order valence-corrected chi connectivity index (χ2v) is 14.5. The number of hydrogen-bond donors (Lipinski definition) is 2. The van der Waals surface area contributed by atoms with Crippen LogP contribution in [0.4, 0.5) is 19.5 Å². The van der Waals surface area contributed by atoms with Crippen molar-refractivity contribution in [3.8, 4) is 5.75 Å². The zero-order chi connectivity index (χ0) is 35.7. The van der Waals surface area contributed by atoms with E-state index in [1.54, 1.807) is 29.4 Å². The van der Waals surface area contributed by atoms with E-state index < -0.39 is 21.8 Å². The minimum atomic E-state index is -4.02. The molecule has 0 radical (unpaired) electrons. The van der Waals surface area contributed by atoms with E-state index in [2.05, 4.69) is 16.9 Å². The number of ether oxygens (including phenoxy) is 2. The molecule has 0 spiro atoms. The van der Waals surface area contributed by atoms with Gasteiger partial charge in [-0.2, -0.15) is 8.42 Å². The standard InChI is InChI=1S/C28H39F2N5O3.C7H8O3S/c1-18(2)38-28(36)34-10-6-20(7-11-34)19(3)9-13-37-22-15-32-27(33-16-22)35-12-8-23(26(31)17-35)24-14-21(29)4-5-25(24)30;1-6-2-4-7(5-3-6)11(8,9)10/h4-5,14-16,18-20,23,26H,6-13,17,31H2,1-3H3;2-5H,1H3,(H,8,9,10)/t19-,23+,26-;/m1./s1. The van der Waals surface area contributed by atoms with Gasteiger partial charge < -0.3 is 25.0 Å². The number of carbonyl (C=O) groups is 1. The molecule has 0 unspecified atom stereocenters. The maximum atomic E-state index is 14.2. The zero-order valence-corrected chi connectivity index (χ0v) is 29.3. The number of carbonyl (C=O) groups excluding carboxylic acids is 1. The minimum absolute atomic E-state index is 0.0666. The highest BCUT2D eigenvalue weighted by atomic mass is 32.2. The van der Waals surface area contributed by atoms with Gasteiger partial charge in [-0.3, -0.25) is 4.55 Å². The number of piperidine rings is 2. The highest BCUT2D eigenvalue weighted by molar-refractivity contribution is 7.85. The topological polar surface area (TPSA) is 148 Å². The zero-order valence-electron chi connectivity index (χ0n) is 28.5. The first kappa shape index (κ1) is 37.9. The molecule has 2 saturated heterocycles. The highest BCUT2D eigenvalue weighted by Crippen LogP contribution is 2.31. The normalized spacial score (nSPS) is 19.2. The van der Waals surface area contributed by atoms with Gasteiger partial charge in [0, 0.05) is 38.1 Å². The summed E-state index contributed by atoms with van der Waals surface area (Å²) in [5, 5.41) is 0. The third-order valence-electron chi connectivity index (χ3n) is 9.01. The van der Waals surface area contributed by atoms with Crippen molar-refractivity contribution in [1.29, 1.82) is 0 Å². The molecule has 14 heteroatoms. The average molecular weight is 704 g/mol. The monoisotopic (exact) mass is 703 g/mol. The van der Waals surface area contributed by atoms with Crippen LogP contribution in [0.3, 0.4) is 0 Å². The van der Waals surface area contributed by atoms with Crippen molar-refractivity contribution >= 4 is 22.2 Å². The molecule has 2 aliphatic heterocycles. The van der Waals surface area contributed by atoms with Gasteiger partial charge in [-0.05, 0) is 94.2 Å². The average Bonchev–Trinajstić information content (AvgIpc) is 3.06. The lowest BCUT2D eigenvalue weighted by molar-refractivity contribution is 0.0596. The van der Waals surface area contributed by atoms with Crippen LogP contribution in [0.2, 0.25) is 0 Å². The van der Waals surface area contributed by atoms with E-state index in [1.165, 1.54) is 18.2 Å². The number of benzene rings is 2. The van der Waals surface area contributed by atoms with Gasteiger partial charge in [-0.25, -0.2) is 23.5 Å². The smallest absolute Gasteiger partial charge is 0.410 e. The highest BCUT2D eigenvalue weighted by Gasteiger charge is 2.31. The SMILES string of the molecule is CC(C)OC(=O)N1CCC([C@H](C)CCOc2cnc(N3CC[C@@H](c4cc(F)ccc4F)[C@H](N)C3)nc2)CC1.Cc1ccc(S(=O)(=O)O)cc1. The Balaban J connectivity index is 0.000000418. The Labute approximate surface area is 287 Å². The molecule has 1 amide bonds. The summed E-state index contributed by atoms with van der Waals surface area (Å²) in [4.78, 5) is 24.7. The number of nitrogens with zero attached hydrogens (tertiary/aromatic N) is 4. The number of hydrogen-bond acceptors (Lipinski definition) is 9. The van der Waals surface area contributed by atoms with E-state index in [0.717, 1.165) is 50.0 Å². The van der Waals surface area contributed by atoms with Gasteiger partial charge >= 0.3 is 6.09 Å². The van der Waals surface area contributed by atoms with Crippen molar-refractivity contribution in [3.63, 3.8) is 0 Å². The van der Waals surface area contributed by atoms with Crippen LogP contribution >= 0.6 is 0 Å².